The van der Waals surface area contributed by atoms with Crippen molar-refractivity contribution in [3.63, 3.8) is 0 Å². The van der Waals surface area contributed by atoms with Crippen molar-refractivity contribution >= 4 is 39.2 Å². The van der Waals surface area contributed by atoms with E-state index in [1.807, 2.05) is 0 Å². The summed E-state index contributed by atoms with van der Waals surface area (Å²) in [7, 11) is 0. The Bertz CT molecular complexity index is 2960. The quantitative estimate of drug-likeness (QED) is 0.185. The van der Waals surface area contributed by atoms with Gasteiger partial charge in [-0.15, -0.1) is 0 Å². The van der Waals surface area contributed by atoms with Crippen molar-refractivity contribution in [2.24, 2.45) is 0 Å². The average Bonchev–Trinajstić information content (AvgIpc) is 3.98. The van der Waals surface area contributed by atoms with Crippen molar-refractivity contribution in [2.75, 3.05) is 10.2 Å². The summed E-state index contributed by atoms with van der Waals surface area (Å²) in [5.74, 6) is 0. The Hall–Kier alpha value is -7.16. The highest BCUT2D eigenvalue weighted by Crippen LogP contribution is 2.65. The van der Waals surface area contributed by atoms with Gasteiger partial charge in [0.1, 0.15) is 0 Å². The largest absolute Gasteiger partial charge is 0.355 e. The van der Waals surface area contributed by atoms with E-state index in [4.69, 9.17) is 0 Å². The summed E-state index contributed by atoms with van der Waals surface area (Å²) in [4.78, 5) is 2.44. The summed E-state index contributed by atoms with van der Waals surface area (Å²) in [5, 5.41) is 6.54. The summed E-state index contributed by atoms with van der Waals surface area (Å²) >= 11 is 0. The number of anilines is 5. The second-order valence-electron chi connectivity index (χ2n) is 15.3. The topological polar surface area (TPSA) is 15.3 Å². The van der Waals surface area contributed by atoms with Gasteiger partial charge in [0.05, 0.1) is 5.41 Å². The van der Waals surface area contributed by atoms with Gasteiger partial charge in [-0.05, 0) is 133 Å². The number of benzene rings is 9. The van der Waals surface area contributed by atoms with Gasteiger partial charge in [-0.25, -0.2) is 0 Å². The van der Waals surface area contributed by atoms with E-state index < -0.39 is 5.41 Å². The molecule has 2 heteroatoms. The molecule has 0 bridgehead atoms. The van der Waals surface area contributed by atoms with Gasteiger partial charge in [-0.1, -0.05) is 146 Å². The Morgan fingerprint density at radius 2 is 1.02 bits per heavy atom. The smallest absolute Gasteiger partial charge is 0.0727 e. The van der Waals surface area contributed by atoms with Gasteiger partial charge in [-0.3, -0.25) is 0 Å². The van der Waals surface area contributed by atoms with Crippen LogP contribution in [0.25, 0.3) is 44.2 Å². The van der Waals surface area contributed by atoms with E-state index in [9.17, 15) is 0 Å². The third-order valence-corrected chi connectivity index (χ3v) is 12.3. The first-order valence-electron chi connectivity index (χ1n) is 19.6. The lowest BCUT2D eigenvalue weighted by Crippen LogP contribution is -2.32. The van der Waals surface area contributed by atoms with E-state index in [0.717, 1.165) is 34.9 Å². The normalized spacial score (nSPS) is 13.4. The highest BCUT2D eigenvalue weighted by atomic mass is 15.1. The molecule has 9 aromatic carbocycles. The Labute approximate surface area is 327 Å². The molecule has 0 aliphatic heterocycles. The van der Waals surface area contributed by atoms with Crippen molar-refractivity contribution in [3.8, 4) is 33.4 Å². The third-order valence-electron chi connectivity index (χ3n) is 12.3. The molecule has 2 nitrogen and oxygen atoms in total. The second kappa shape index (κ2) is 11.9. The summed E-state index contributed by atoms with van der Waals surface area (Å²) in [5.41, 5.74) is 21.1. The minimum Gasteiger partial charge on any atom is -0.355 e. The maximum atomic E-state index is 3.89. The van der Waals surface area contributed by atoms with E-state index in [2.05, 4.69) is 210 Å². The fraction of sp³-hybridized carbons (Fsp3) is 0.0370. The SMILES string of the molecule is c1ccc(Nc2cccc3c2-c2c4c(cc5cc(N(c6ccccc6)c6ccc(-c7ccccc7)cc6)cc(c25)C32c3ccccc3-c3ccccc32)C4)cc1. The first kappa shape index (κ1) is 31.2. The van der Waals surface area contributed by atoms with Crippen molar-refractivity contribution in [2.45, 2.75) is 11.8 Å². The third kappa shape index (κ3) is 4.44. The molecule has 1 spiro atoms. The monoisotopic (exact) mass is 712 g/mol. The molecule has 0 heterocycles. The van der Waals surface area contributed by atoms with Crippen LogP contribution in [0.15, 0.2) is 200 Å². The molecule has 0 saturated carbocycles. The van der Waals surface area contributed by atoms with Crippen LogP contribution in [0.5, 0.6) is 0 Å². The molecule has 3 aliphatic carbocycles. The Kier molecular flexibility index (Phi) is 6.64. The molecule has 0 saturated heterocycles. The van der Waals surface area contributed by atoms with E-state index in [-0.39, 0.29) is 0 Å². The Morgan fingerprint density at radius 1 is 0.429 bits per heavy atom. The number of nitrogens with one attached hydrogen (secondary N) is 1. The molecule has 9 aromatic rings. The molecule has 0 aromatic heterocycles. The van der Waals surface area contributed by atoms with Gasteiger partial charge in [0.15, 0.2) is 0 Å². The summed E-state index contributed by atoms with van der Waals surface area (Å²) in [6, 6.07) is 73.8. The molecule has 1 N–H and O–H groups in total. The van der Waals surface area contributed by atoms with Gasteiger partial charge in [-0.2, -0.15) is 0 Å². The lowest BCUT2D eigenvalue weighted by atomic mass is 9.61. The fourth-order valence-electron chi connectivity index (χ4n) is 9.95. The standard InChI is InChI=1S/C54H36N2/c1-4-15-35(16-5-1)36-27-29-41(30-28-36)56(40-19-8-3-9-20-40)42-32-38-31-37-33-45(37)52-51(38)49(34-42)54(46-23-12-10-21-43(46)44-22-11-13-24-47(44)54)48-25-14-26-50(53(48)52)55-39-17-6-2-7-18-39/h1-32,34,55H,33H2. The van der Waals surface area contributed by atoms with Crippen molar-refractivity contribution in [3.05, 3.63) is 234 Å². The van der Waals surface area contributed by atoms with E-state index in [1.165, 1.54) is 77.5 Å². The molecule has 0 unspecified atom stereocenters. The zero-order valence-corrected chi connectivity index (χ0v) is 30.7. The maximum Gasteiger partial charge on any atom is 0.0727 e. The molecular formula is C54H36N2. The molecular weight excluding hydrogens is 677 g/mol. The minimum atomic E-state index is -0.541. The zero-order chi connectivity index (χ0) is 36.8. The van der Waals surface area contributed by atoms with E-state index in [0.29, 0.717) is 0 Å². The number of hydrogen-bond acceptors (Lipinski definition) is 2. The Balaban J connectivity index is 1.18. The van der Waals surface area contributed by atoms with Crippen LogP contribution in [-0.4, -0.2) is 0 Å². The van der Waals surface area contributed by atoms with Crippen LogP contribution in [-0.2, 0) is 11.8 Å². The first-order chi connectivity index (χ1) is 27.8. The van der Waals surface area contributed by atoms with Crippen LogP contribution >= 0.6 is 0 Å². The van der Waals surface area contributed by atoms with Gasteiger partial charge in [0, 0.05) is 34.0 Å². The highest BCUT2D eigenvalue weighted by Gasteiger charge is 2.52. The molecule has 0 amide bonds. The minimum absolute atomic E-state index is 0.541. The number of nitrogens with zero attached hydrogens (tertiary/aromatic N) is 1. The van der Waals surface area contributed by atoms with Crippen LogP contribution < -0.4 is 10.2 Å². The van der Waals surface area contributed by atoms with Crippen LogP contribution in [0.1, 0.15) is 33.4 Å². The van der Waals surface area contributed by atoms with Crippen LogP contribution in [0, 0.1) is 0 Å². The first-order valence-corrected chi connectivity index (χ1v) is 19.6. The average molecular weight is 713 g/mol. The predicted octanol–water partition coefficient (Wildman–Crippen LogP) is 14.0. The second-order valence-corrected chi connectivity index (χ2v) is 15.3. The van der Waals surface area contributed by atoms with Gasteiger partial charge >= 0.3 is 0 Å². The fourth-order valence-corrected chi connectivity index (χ4v) is 9.95. The molecule has 262 valence electrons. The Morgan fingerprint density at radius 3 is 1.73 bits per heavy atom. The van der Waals surface area contributed by atoms with Crippen molar-refractivity contribution in [1.29, 1.82) is 0 Å². The molecule has 0 radical (unpaired) electrons. The van der Waals surface area contributed by atoms with Crippen LogP contribution in [0.2, 0.25) is 0 Å². The zero-order valence-electron chi connectivity index (χ0n) is 30.7. The van der Waals surface area contributed by atoms with Crippen LogP contribution in [0.3, 0.4) is 0 Å². The van der Waals surface area contributed by atoms with Gasteiger partial charge in [0.25, 0.3) is 0 Å². The summed E-state index contributed by atoms with van der Waals surface area (Å²) in [6.07, 6.45) is 1.02. The van der Waals surface area contributed by atoms with Gasteiger partial charge < -0.3 is 10.2 Å². The molecule has 56 heavy (non-hydrogen) atoms. The predicted molar refractivity (Wildman–Crippen MR) is 233 cm³/mol. The maximum absolute atomic E-state index is 3.89. The van der Waals surface area contributed by atoms with Crippen molar-refractivity contribution < 1.29 is 0 Å². The lowest BCUT2D eigenvalue weighted by Gasteiger charge is -2.41. The van der Waals surface area contributed by atoms with Gasteiger partial charge in [0.2, 0.25) is 0 Å². The van der Waals surface area contributed by atoms with E-state index in [1.54, 1.807) is 0 Å². The highest BCUT2D eigenvalue weighted by molar-refractivity contribution is 6.13. The number of para-hydroxylation sites is 2. The van der Waals surface area contributed by atoms with Crippen LogP contribution in [0.4, 0.5) is 28.4 Å². The molecule has 12 rings (SSSR count). The molecule has 0 atom stereocenters. The van der Waals surface area contributed by atoms with Crippen molar-refractivity contribution in [1.82, 2.24) is 0 Å². The number of fused-ring (bicyclic) bond motifs is 11. The molecule has 3 aliphatic rings. The molecule has 0 fully saturated rings. The number of rotatable bonds is 6. The lowest BCUT2D eigenvalue weighted by molar-refractivity contribution is 0.774. The summed E-state index contributed by atoms with van der Waals surface area (Å²) < 4.78 is 0. The number of hydrogen-bond donors (Lipinski definition) is 1. The van der Waals surface area contributed by atoms with E-state index >= 15 is 0 Å². The summed E-state index contributed by atoms with van der Waals surface area (Å²) in [6.45, 7) is 0.